The summed E-state index contributed by atoms with van der Waals surface area (Å²) in [6.07, 6.45) is 2.85. The summed E-state index contributed by atoms with van der Waals surface area (Å²) in [5.41, 5.74) is 1.12. The molecule has 2 aromatic rings. The first-order chi connectivity index (χ1) is 8.90. The molecule has 0 unspecified atom stereocenters. The third kappa shape index (κ3) is 3.75. The van der Waals surface area contributed by atoms with Gasteiger partial charge in [0, 0.05) is 37.4 Å². The maximum Gasteiger partial charge on any atom is 0.120 e. The molecule has 4 heteroatoms. The van der Waals surface area contributed by atoms with Crippen LogP contribution in [-0.4, -0.2) is 38.5 Å². The molecular weight excluding hydrogens is 230 g/mol. The molecule has 2 rings (SSSR count). The number of rotatable bonds is 8. The Hall–Kier alpha value is -1.52. The van der Waals surface area contributed by atoms with E-state index in [-0.39, 0.29) is 0 Å². The van der Waals surface area contributed by atoms with Gasteiger partial charge in [0.25, 0.3) is 0 Å². The predicted octanol–water partition coefficient (Wildman–Crippen LogP) is 2.60. The summed E-state index contributed by atoms with van der Waals surface area (Å²) >= 11 is 0. The highest BCUT2D eigenvalue weighted by atomic mass is 16.5. The van der Waals surface area contributed by atoms with Crippen molar-refractivity contribution in [2.75, 3.05) is 33.5 Å². The van der Waals surface area contributed by atoms with Crippen LogP contribution in [0.5, 0.6) is 5.75 Å². The number of fused-ring (bicyclic) bond motifs is 1. The van der Waals surface area contributed by atoms with Crippen molar-refractivity contribution in [1.82, 2.24) is 4.98 Å². The van der Waals surface area contributed by atoms with Crippen molar-refractivity contribution in [2.45, 2.75) is 6.42 Å². The number of hydrogen-bond donors (Lipinski definition) is 1. The molecule has 0 bridgehead atoms. The van der Waals surface area contributed by atoms with Gasteiger partial charge in [-0.3, -0.25) is 0 Å². The Bertz CT molecular complexity index is 467. The van der Waals surface area contributed by atoms with Crippen LogP contribution in [0.25, 0.3) is 10.9 Å². The molecular formula is C14H19NO3. The molecule has 1 heterocycles. The Morgan fingerprint density at radius 1 is 1.06 bits per heavy atom. The summed E-state index contributed by atoms with van der Waals surface area (Å²) < 4.78 is 16.0. The Kier molecular flexibility index (Phi) is 5.05. The van der Waals surface area contributed by atoms with Gasteiger partial charge in [-0.2, -0.15) is 0 Å². The van der Waals surface area contributed by atoms with E-state index in [4.69, 9.17) is 14.2 Å². The SMILES string of the molecule is COCCCOCCOc1ccc2[nH]ccc2c1. The fraction of sp³-hybridized carbons (Fsp3) is 0.429. The van der Waals surface area contributed by atoms with Gasteiger partial charge in [0.05, 0.1) is 6.61 Å². The molecule has 0 aliphatic rings. The zero-order chi connectivity index (χ0) is 12.6. The maximum atomic E-state index is 5.62. The zero-order valence-corrected chi connectivity index (χ0v) is 10.6. The second kappa shape index (κ2) is 7.03. The smallest absolute Gasteiger partial charge is 0.120 e. The molecule has 98 valence electrons. The average Bonchev–Trinajstić information content (AvgIpc) is 2.85. The number of H-pyrrole nitrogens is 1. The number of benzene rings is 1. The van der Waals surface area contributed by atoms with Crippen LogP contribution in [-0.2, 0) is 9.47 Å². The van der Waals surface area contributed by atoms with Gasteiger partial charge in [-0.25, -0.2) is 0 Å². The lowest BCUT2D eigenvalue weighted by Crippen LogP contribution is -2.08. The number of aromatic amines is 1. The molecule has 0 saturated heterocycles. The molecule has 1 aromatic carbocycles. The number of hydrogen-bond acceptors (Lipinski definition) is 3. The van der Waals surface area contributed by atoms with E-state index in [0.717, 1.165) is 29.7 Å². The highest BCUT2D eigenvalue weighted by Gasteiger charge is 1.98. The van der Waals surface area contributed by atoms with Gasteiger partial charge in [-0.15, -0.1) is 0 Å². The van der Waals surface area contributed by atoms with E-state index in [2.05, 4.69) is 4.98 Å². The summed E-state index contributed by atoms with van der Waals surface area (Å²) in [6, 6.07) is 8.04. The van der Waals surface area contributed by atoms with E-state index in [9.17, 15) is 0 Å². The van der Waals surface area contributed by atoms with E-state index >= 15 is 0 Å². The van der Waals surface area contributed by atoms with E-state index in [1.807, 2.05) is 30.5 Å². The summed E-state index contributed by atoms with van der Waals surface area (Å²) in [5, 5.41) is 1.16. The third-order valence-electron chi connectivity index (χ3n) is 2.66. The second-order valence-corrected chi connectivity index (χ2v) is 4.03. The van der Waals surface area contributed by atoms with Gasteiger partial charge >= 0.3 is 0 Å². The summed E-state index contributed by atoms with van der Waals surface area (Å²) in [5.74, 6) is 0.877. The van der Waals surface area contributed by atoms with Crippen molar-refractivity contribution in [2.24, 2.45) is 0 Å². The minimum atomic E-state index is 0.572. The molecule has 1 N–H and O–H groups in total. The summed E-state index contributed by atoms with van der Waals surface area (Å²) in [7, 11) is 1.69. The lowest BCUT2D eigenvalue weighted by atomic mass is 10.2. The molecule has 4 nitrogen and oxygen atoms in total. The van der Waals surface area contributed by atoms with Gasteiger partial charge in [-0.1, -0.05) is 0 Å². The number of methoxy groups -OCH3 is 1. The van der Waals surface area contributed by atoms with Gasteiger partial charge in [0.2, 0.25) is 0 Å². The van der Waals surface area contributed by atoms with E-state index < -0.39 is 0 Å². The fourth-order valence-corrected chi connectivity index (χ4v) is 1.75. The Morgan fingerprint density at radius 2 is 2.00 bits per heavy atom. The van der Waals surface area contributed by atoms with Crippen molar-refractivity contribution >= 4 is 10.9 Å². The van der Waals surface area contributed by atoms with Gasteiger partial charge in [0.15, 0.2) is 0 Å². The van der Waals surface area contributed by atoms with Crippen LogP contribution in [0, 0.1) is 0 Å². The first kappa shape index (κ1) is 12.9. The van der Waals surface area contributed by atoms with E-state index in [1.54, 1.807) is 7.11 Å². The topological polar surface area (TPSA) is 43.5 Å². The fourth-order valence-electron chi connectivity index (χ4n) is 1.75. The minimum absolute atomic E-state index is 0.572. The number of ether oxygens (including phenoxy) is 3. The summed E-state index contributed by atoms with van der Waals surface area (Å²) in [4.78, 5) is 3.15. The van der Waals surface area contributed by atoms with Crippen molar-refractivity contribution < 1.29 is 14.2 Å². The molecule has 0 aliphatic carbocycles. The van der Waals surface area contributed by atoms with E-state index in [1.165, 1.54) is 0 Å². The molecule has 0 spiro atoms. The average molecular weight is 249 g/mol. The molecule has 18 heavy (non-hydrogen) atoms. The normalized spacial score (nSPS) is 10.9. The Labute approximate surface area is 107 Å². The molecule has 0 radical (unpaired) electrons. The third-order valence-corrected chi connectivity index (χ3v) is 2.66. The Balaban J connectivity index is 1.67. The van der Waals surface area contributed by atoms with Crippen LogP contribution >= 0.6 is 0 Å². The zero-order valence-electron chi connectivity index (χ0n) is 10.6. The van der Waals surface area contributed by atoms with Crippen LogP contribution in [0.1, 0.15) is 6.42 Å². The standard InChI is InChI=1S/C14H19NO3/c1-16-7-2-8-17-9-10-18-13-3-4-14-12(11-13)5-6-15-14/h3-6,11,15H,2,7-10H2,1H3. The molecule has 0 saturated carbocycles. The minimum Gasteiger partial charge on any atom is -0.491 e. The first-order valence-corrected chi connectivity index (χ1v) is 6.17. The predicted molar refractivity (Wildman–Crippen MR) is 71.1 cm³/mol. The van der Waals surface area contributed by atoms with Crippen LogP contribution in [0.4, 0.5) is 0 Å². The highest BCUT2D eigenvalue weighted by Crippen LogP contribution is 2.19. The van der Waals surface area contributed by atoms with Crippen LogP contribution in [0.3, 0.4) is 0 Å². The highest BCUT2D eigenvalue weighted by molar-refractivity contribution is 5.80. The van der Waals surface area contributed by atoms with E-state index in [0.29, 0.717) is 19.8 Å². The van der Waals surface area contributed by atoms with Crippen molar-refractivity contribution in [3.05, 3.63) is 30.5 Å². The van der Waals surface area contributed by atoms with Crippen LogP contribution in [0.15, 0.2) is 30.5 Å². The van der Waals surface area contributed by atoms with Crippen LogP contribution in [0.2, 0.25) is 0 Å². The Morgan fingerprint density at radius 3 is 2.89 bits per heavy atom. The molecule has 0 atom stereocenters. The van der Waals surface area contributed by atoms with Gasteiger partial charge in [-0.05, 0) is 30.7 Å². The lowest BCUT2D eigenvalue weighted by molar-refractivity contribution is 0.0807. The van der Waals surface area contributed by atoms with Gasteiger partial charge < -0.3 is 19.2 Å². The van der Waals surface area contributed by atoms with Crippen LogP contribution < -0.4 is 4.74 Å². The molecule has 1 aromatic heterocycles. The second-order valence-electron chi connectivity index (χ2n) is 4.03. The lowest BCUT2D eigenvalue weighted by Gasteiger charge is -2.07. The van der Waals surface area contributed by atoms with Crippen molar-refractivity contribution in [3.8, 4) is 5.75 Å². The monoisotopic (exact) mass is 249 g/mol. The van der Waals surface area contributed by atoms with Crippen molar-refractivity contribution in [1.29, 1.82) is 0 Å². The first-order valence-electron chi connectivity index (χ1n) is 6.17. The molecule has 0 aliphatic heterocycles. The summed E-state index contributed by atoms with van der Waals surface area (Å²) in [6.45, 7) is 2.64. The molecule has 0 fully saturated rings. The van der Waals surface area contributed by atoms with Crippen molar-refractivity contribution in [3.63, 3.8) is 0 Å². The maximum absolute atomic E-state index is 5.62. The number of nitrogens with one attached hydrogen (secondary N) is 1. The molecule has 0 amide bonds. The quantitative estimate of drug-likeness (QED) is 0.731. The largest absolute Gasteiger partial charge is 0.491 e. The van der Waals surface area contributed by atoms with Gasteiger partial charge in [0.1, 0.15) is 12.4 Å². The number of aromatic nitrogens is 1.